The predicted octanol–water partition coefficient (Wildman–Crippen LogP) is 5.10. The van der Waals surface area contributed by atoms with Gasteiger partial charge in [0, 0.05) is 24.7 Å². The summed E-state index contributed by atoms with van der Waals surface area (Å²) in [7, 11) is 1.85. The van der Waals surface area contributed by atoms with Crippen LogP contribution in [0.4, 0.5) is 8.78 Å². The number of hydrogen-bond acceptors (Lipinski definition) is 4. The van der Waals surface area contributed by atoms with E-state index in [-0.39, 0.29) is 23.4 Å². The molecule has 0 aliphatic heterocycles. The Morgan fingerprint density at radius 2 is 1.84 bits per heavy atom. The highest BCUT2D eigenvalue weighted by Crippen LogP contribution is 2.30. The average molecular weight is 443 g/mol. The van der Waals surface area contributed by atoms with Gasteiger partial charge in [0.1, 0.15) is 11.6 Å². The number of thioether (sulfide) groups is 1. The highest BCUT2D eigenvalue weighted by atomic mass is 32.2. The summed E-state index contributed by atoms with van der Waals surface area (Å²) in [6.45, 7) is 0. The molecule has 8 heteroatoms. The molecule has 1 fully saturated rings. The van der Waals surface area contributed by atoms with Crippen LogP contribution in [0.15, 0.2) is 53.7 Å². The third kappa shape index (κ3) is 4.79. The van der Waals surface area contributed by atoms with Gasteiger partial charge in [-0.15, -0.1) is 10.2 Å². The average Bonchev–Trinajstić information content (AvgIpc) is 3.22. The molecule has 1 aliphatic carbocycles. The normalized spacial score (nSPS) is 14.5. The lowest BCUT2D eigenvalue weighted by Crippen LogP contribution is -2.39. The van der Waals surface area contributed by atoms with Gasteiger partial charge < -0.3 is 4.90 Å². The smallest absolute Gasteiger partial charge is 0.233 e. The van der Waals surface area contributed by atoms with Crippen molar-refractivity contribution in [2.24, 2.45) is 0 Å². The summed E-state index contributed by atoms with van der Waals surface area (Å²) in [5.41, 5.74) is 0.886. The number of halogens is 2. The standard InChI is InChI=1S/C23H24F2N4OS/c1-28(18-10-6-3-7-11-18)21(30)15-31-23-27-26-22(16-8-4-2-5-9-16)29(23)20-13-12-17(24)14-19(20)25/h2,4-5,8-9,12-14,18H,3,6-7,10-11,15H2,1H3. The molecule has 0 spiro atoms. The van der Waals surface area contributed by atoms with Crippen LogP contribution in [-0.4, -0.2) is 44.4 Å². The van der Waals surface area contributed by atoms with Crippen LogP contribution in [0.2, 0.25) is 0 Å². The zero-order valence-electron chi connectivity index (χ0n) is 17.3. The summed E-state index contributed by atoms with van der Waals surface area (Å²) in [6, 6.07) is 12.9. The molecule has 1 heterocycles. The Labute approximate surface area is 184 Å². The van der Waals surface area contributed by atoms with E-state index in [9.17, 15) is 13.6 Å². The number of aromatic nitrogens is 3. The van der Waals surface area contributed by atoms with Gasteiger partial charge in [0.25, 0.3) is 0 Å². The number of hydrogen-bond donors (Lipinski definition) is 0. The summed E-state index contributed by atoms with van der Waals surface area (Å²) in [4.78, 5) is 14.6. The van der Waals surface area contributed by atoms with E-state index >= 15 is 0 Å². The SMILES string of the molecule is CN(C(=O)CSc1nnc(-c2ccccc2)n1-c1ccc(F)cc1F)C1CCCCC1. The van der Waals surface area contributed by atoms with Crippen molar-refractivity contribution < 1.29 is 13.6 Å². The van der Waals surface area contributed by atoms with E-state index in [4.69, 9.17) is 0 Å². The van der Waals surface area contributed by atoms with Crippen LogP contribution in [0.25, 0.3) is 17.1 Å². The van der Waals surface area contributed by atoms with Gasteiger partial charge in [0.05, 0.1) is 11.4 Å². The molecule has 2 aromatic carbocycles. The second-order valence-electron chi connectivity index (χ2n) is 7.69. The molecule has 1 aliphatic rings. The molecule has 1 aromatic heterocycles. The monoisotopic (exact) mass is 442 g/mol. The maximum Gasteiger partial charge on any atom is 0.233 e. The minimum atomic E-state index is -0.718. The van der Waals surface area contributed by atoms with Gasteiger partial charge in [-0.3, -0.25) is 9.36 Å². The quantitative estimate of drug-likeness (QED) is 0.499. The van der Waals surface area contributed by atoms with Crippen LogP contribution >= 0.6 is 11.8 Å². The predicted molar refractivity (Wildman–Crippen MR) is 117 cm³/mol. The molecular formula is C23H24F2N4OS. The number of amides is 1. The van der Waals surface area contributed by atoms with Gasteiger partial charge in [-0.2, -0.15) is 0 Å². The highest BCUT2D eigenvalue weighted by molar-refractivity contribution is 7.99. The van der Waals surface area contributed by atoms with Crippen molar-refractivity contribution in [1.29, 1.82) is 0 Å². The summed E-state index contributed by atoms with van der Waals surface area (Å²) < 4.78 is 29.7. The largest absolute Gasteiger partial charge is 0.342 e. The van der Waals surface area contributed by atoms with Crippen molar-refractivity contribution in [3.63, 3.8) is 0 Å². The first-order valence-corrected chi connectivity index (χ1v) is 11.4. The number of carbonyl (C=O) groups is 1. The van der Waals surface area contributed by atoms with E-state index in [1.54, 1.807) is 4.57 Å². The molecule has 0 radical (unpaired) electrons. The first kappa shape index (κ1) is 21.5. The number of benzene rings is 2. The summed E-state index contributed by atoms with van der Waals surface area (Å²) in [5.74, 6) is -0.768. The third-order valence-electron chi connectivity index (χ3n) is 5.66. The van der Waals surface area contributed by atoms with Crippen LogP contribution < -0.4 is 0 Å². The van der Waals surface area contributed by atoms with Crippen LogP contribution in [0.5, 0.6) is 0 Å². The van der Waals surface area contributed by atoms with Crippen LogP contribution in [0.3, 0.4) is 0 Å². The molecular weight excluding hydrogens is 418 g/mol. The van der Waals surface area contributed by atoms with Crippen molar-refractivity contribution in [3.05, 3.63) is 60.2 Å². The fraction of sp³-hybridized carbons (Fsp3) is 0.348. The van der Waals surface area contributed by atoms with Gasteiger partial charge in [-0.05, 0) is 25.0 Å². The Morgan fingerprint density at radius 1 is 1.10 bits per heavy atom. The molecule has 0 unspecified atom stereocenters. The molecule has 3 aromatic rings. The maximum atomic E-state index is 14.7. The van der Waals surface area contributed by atoms with Gasteiger partial charge in [-0.1, -0.05) is 61.4 Å². The van der Waals surface area contributed by atoms with E-state index in [1.165, 1.54) is 30.3 Å². The molecule has 0 atom stereocenters. The molecule has 0 bridgehead atoms. The van der Waals surface area contributed by atoms with Crippen molar-refractivity contribution in [1.82, 2.24) is 19.7 Å². The summed E-state index contributed by atoms with van der Waals surface area (Å²) in [5, 5.41) is 8.85. The van der Waals surface area contributed by atoms with E-state index in [1.807, 2.05) is 42.3 Å². The summed E-state index contributed by atoms with van der Waals surface area (Å²) in [6.07, 6.45) is 5.58. The Morgan fingerprint density at radius 3 is 2.55 bits per heavy atom. The number of carbonyl (C=O) groups excluding carboxylic acids is 1. The maximum absolute atomic E-state index is 14.7. The second kappa shape index (κ2) is 9.60. The van der Waals surface area contributed by atoms with Crippen LogP contribution in [-0.2, 0) is 4.79 Å². The lowest BCUT2D eigenvalue weighted by molar-refractivity contribution is -0.129. The summed E-state index contributed by atoms with van der Waals surface area (Å²) >= 11 is 1.21. The zero-order valence-corrected chi connectivity index (χ0v) is 18.1. The van der Waals surface area contributed by atoms with E-state index in [0.29, 0.717) is 11.0 Å². The van der Waals surface area contributed by atoms with Gasteiger partial charge in [-0.25, -0.2) is 8.78 Å². The van der Waals surface area contributed by atoms with Crippen LogP contribution in [0.1, 0.15) is 32.1 Å². The molecule has 0 saturated heterocycles. The first-order valence-electron chi connectivity index (χ1n) is 10.4. The lowest BCUT2D eigenvalue weighted by atomic mass is 9.94. The Bertz CT molecular complexity index is 1050. The van der Waals surface area contributed by atoms with E-state index in [0.717, 1.165) is 37.3 Å². The Hall–Kier alpha value is -2.74. The van der Waals surface area contributed by atoms with Gasteiger partial charge in [0.2, 0.25) is 5.91 Å². The zero-order chi connectivity index (χ0) is 21.8. The molecule has 1 amide bonds. The number of nitrogens with zero attached hydrogens (tertiary/aromatic N) is 4. The third-order valence-corrected chi connectivity index (χ3v) is 6.57. The fourth-order valence-corrected chi connectivity index (χ4v) is 4.79. The lowest BCUT2D eigenvalue weighted by Gasteiger charge is -2.31. The van der Waals surface area contributed by atoms with Crippen LogP contribution in [0, 0.1) is 11.6 Å². The first-order chi connectivity index (χ1) is 15.0. The van der Waals surface area contributed by atoms with Crippen molar-refractivity contribution in [2.45, 2.75) is 43.3 Å². The molecule has 162 valence electrons. The van der Waals surface area contributed by atoms with Gasteiger partial charge in [0.15, 0.2) is 11.0 Å². The second-order valence-corrected chi connectivity index (χ2v) is 8.63. The van der Waals surface area contributed by atoms with E-state index in [2.05, 4.69) is 10.2 Å². The molecule has 5 nitrogen and oxygen atoms in total. The Kier molecular flexibility index (Phi) is 6.65. The van der Waals surface area contributed by atoms with Gasteiger partial charge >= 0.3 is 0 Å². The fourth-order valence-electron chi connectivity index (χ4n) is 3.92. The Balaban J connectivity index is 1.61. The minimum absolute atomic E-state index is 0.00675. The van der Waals surface area contributed by atoms with Crippen molar-refractivity contribution in [2.75, 3.05) is 12.8 Å². The van der Waals surface area contributed by atoms with Crippen molar-refractivity contribution >= 4 is 17.7 Å². The topological polar surface area (TPSA) is 51.0 Å². The molecule has 1 saturated carbocycles. The van der Waals surface area contributed by atoms with E-state index < -0.39 is 11.6 Å². The molecule has 4 rings (SSSR count). The molecule has 0 N–H and O–H groups in total. The van der Waals surface area contributed by atoms with Crippen molar-refractivity contribution in [3.8, 4) is 17.1 Å². The number of rotatable bonds is 6. The minimum Gasteiger partial charge on any atom is -0.342 e. The highest BCUT2D eigenvalue weighted by Gasteiger charge is 2.24. The molecule has 31 heavy (non-hydrogen) atoms.